The number of amides is 1. The molecule has 0 aliphatic heterocycles. The lowest BCUT2D eigenvalue weighted by Gasteiger charge is -2.19. The molecule has 1 amide bonds. The number of H-pyrrole nitrogens is 1. The summed E-state index contributed by atoms with van der Waals surface area (Å²) < 4.78 is 0. The number of carboxylic acid groups (broad SMARTS) is 1. The molecule has 3 N–H and O–H groups in total. The summed E-state index contributed by atoms with van der Waals surface area (Å²) in [7, 11) is 0. The number of carbonyl (C=O) groups excluding carboxylic acids is 1. The molecule has 0 aliphatic rings. The van der Waals surface area contributed by atoms with Crippen LogP contribution in [-0.4, -0.2) is 27.0 Å². The van der Waals surface area contributed by atoms with Crippen LogP contribution in [0.15, 0.2) is 53.3 Å². The number of hydrogen-bond acceptors (Lipinski definition) is 4. The van der Waals surface area contributed by atoms with Gasteiger partial charge < -0.3 is 15.4 Å². The number of carboxylic acids is 1. The average Bonchev–Trinajstić information content (AvgIpc) is 2.68. The van der Waals surface area contributed by atoms with Gasteiger partial charge in [0.1, 0.15) is 5.82 Å². The van der Waals surface area contributed by atoms with E-state index in [1.54, 1.807) is 56.3 Å². The van der Waals surface area contributed by atoms with Gasteiger partial charge in [0.15, 0.2) is 0 Å². The molecule has 150 valence electrons. The summed E-state index contributed by atoms with van der Waals surface area (Å²) in [6.07, 6.45) is 1.30. The highest BCUT2D eigenvalue weighted by Crippen LogP contribution is 2.24. The Kier molecular flexibility index (Phi) is 5.77. The molecular weight excluding hydrogens is 370 g/mol. The first kappa shape index (κ1) is 20.3. The number of aromatic nitrogens is 2. The SMILES string of the molecule is CC(C)(C(=O)O)c1ccc(NC(=O)CCCc2nc3ccccc3c(=O)[nH]2)cc1. The molecule has 7 nitrogen and oxygen atoms in total. The van der Waals surface area contributed by atoms with Crippen molar-refractivity contribution in [1.82, 2.24) is 9.97 Å². The van der Waals surface area contributed by atoms with Gasteiger partial charge in [0.25, 0.3) is 5.56 Å². The van der Waals surface area contributed by atoms with Gasteiger partial charge in [0, 0.05) is 18.5 Å². The highest BCUT2D eigenvalue weighted by Gasteiger charge is 2.29. The van der Waals surface area contributed by atoms with E-state index in [2.05, 4.69) is 15.3 Å². The molecule has 3 aromatic rings. The van der Waals surface area contributed by atoms with E-state index in [-0.39, 0.29) is 17.9 Å². The predicted octanol–water partition coefficient (Wildman–Crippen LogP) is 3.25. The number of para-hydroxylation sites is 1. The fraction of sp³-hybridized carbons (Fsp3) is 0.273. The molecule has 7 heteroatoms. The van der Waals surface area contributed by atoms with Gasteiger partial charge in [-0.05, 0) is 50.1 Å². The van der Waals surface area contributed by atoms with Gasteiger partial charge in [-0.1, -0.05) is 24.3 Å². The predicted molar refractivity (Wildman–Crippen MR) is 111 cm³/mol. The monoisotopic (exact) mass is 393 g/mol. The lowest BCUT2D eigenvalue weighted by Crippen LogP contribution is -2.28. The van der Waals surface area contributed by atoms with E-state index in [9.17, 15) is 19.5 Å². The number of nitrogens with one attached hydrogen (secondary N) is 2. The fourth-order valence-electron chi connectivity index (χ4n) is 2.99. The lowest BCUT2D eigenvalue weighted by atomic mass is 9.85. The molecule has 0 radical (unpaired) electrons. The molecule has 0 saturated heterocycles. The molecule has 1 heterocycles. The highest BCUT2D eigenvalue weighted by molar-refractivity contribution is 5.90. The minimum atomic E-state index is -0.994. The zero-order valence-corrected chi connectivity index (χ0v) is 16.4. The third kappa shape index (κ3) is 4.68. The molecule has 0 fully saturated rings. The van der Waals surface area contributed by atoms with Crippen LogP contribution in [0.2, 0.25) is 0 Å². The highest BCUT2D eigenvalue weighted by atomic mass is 16.4. The van der Waals surface area contributed by atoms with Crippen LogP contribution in [0.1, 0.15) is 38.1 Å². The van der Waals surface area contributed by atoms with Crippen molar-refractivity contribution in [3.05, 3.63) is 70.3 Å². The second kappa shape index (κ2) is 8.26. The maximum Gasteiger partial charge on any atom is 0.313 e. The van der Waals surface area contributed by atoms with E-state index in [4.69, 9.17) is 0 Å². The van der Waals surface area contributed by atoms with Gasteiger partial charge >= 0.3 is 5.97 Å². The molecule has 2 aromatic carbocycles. The standard InChI is InChI=1S/C22H23N3O4/c1-22(2,21(28)29)14-10-12-15(13-11-14)23-19(26)9-5-8-18-24-17-7-4-3-6-16(17)20(27)25-18/h3-4,6-7,10-13H,5,8-9H2,1-2H3,(H,23,26)(H,28,29)(H,24,25,27). The lowest BCUT2D eigenvalue weighted by molar-refractivity contribution is -0.142. The van der Waals surface area contributed by atoms with Crippen molar-refractivity contribution in [2.45, 2.75) is 38.5 Å². The van der Waals surface area contributed by atoms with E-state index in [0.29, 0.717) is 40.8 Å². The average molecular weight is 393 g/mol. The zero-order chi connectivity index (χ0) is 21.0. The van der Waals surface area contributed by atoms with Crippen molar-refractivity contribution in [3.63, 3.8) is 0 Å². The van der Waals surface area contributed by atoms with Crippen molar-refractivity contribution in [2.75, 3.05) is 5.32 Å². The fourth-order valence-corrected chi connectivity index (χ4v) is 2.99. The number of aliphatic carboxylic acids is 1. The molecule has 3 rings (SSSR count). The van der Waals surface area contributed by atoms with Gasteiger partial charge in [-0.2, -0.15) is 0 Å². The summed E-state index contributed by atoms with van der Waals surface area (Å²) in [5.41, 5.74) is 0.734. The number of aromatic amines is 1. The smallest absolute Gasteiger partial charge is 0.313 e. The first-order valence-corrected chi connectivity index (χ1v) is 9.39. The number of carbonyl (C=O) groups is 2. The van der Waals surface area contributed by atoms with E-state index in [1.165, 1.54) is 0 Å². The summed E-state index contributed by atoms with van der Waals surface area (Å²) in [5, 5.41) is 12.6. The van der Waals surface area contributed by atoms with Gasteiger partial charge in [0.2, 0.25) is 5.91 Å². The molecular formula is C22H23N3O4. The third-order valence-corrected chi connectivity index (χ3v) is 4.90. The van der Waals surface area contributed by atoms with Crippen LogP contribution in [-0.2, 0) is 21.4 Å². The Balaban J connectivity index is 1.55. The van der Waals surface area contributed by atoms with Gasteiger partial charge in [-0.25, -0.2) is 4.98 Å². The van der Waals surface area contributed by atoms with Crippen molar-refractivity contribution in [2.24, 2.45) is 0 Å². The number of hydrogen-bond donors (Lipinski definition) is 3. The van der Waals surface area contributed by atoms with Crippen LogP contribution in [0.3, 0.4) is 0 Å². The summed E-state index contributed by atoms with van der Waals surface area (Å²) >= 11 is 0. The summed E-state index contributed by atoms with van der Waals surface area (Å²) in [4.78, 5) is 42.7. The first-order valence-electron chi connectivity index (χ1n) is 9.39. The summed E-state index contributed by atoms with van der Waals surface area (Å²) in [6, 6.07) is 13.9. The van der Waals surface area contributed by atoms with Crippen molar-refractivity contribution < 1.29 is 14.7 Å². The number of fused-ring (bicyclic) bond motifs is 1. The minimum absolute atomic E-state index is 0.154. The number of rotatable bonds is 7. The molecule has 29 heavy (non-hydrogen) atoms. The second-order valence-electron chi connectivity index (χ2n) is 7.44. The van der Waals surface area contributed by atoms with E-state index in [1.807, 2.05) is 6.07 Å². The molecule has 0 unspecified atom stereocenters. The Morgan fingerprint density at radius 1 is 1.10 bits per heavy atom. The maximum absolute atomic E-state index is 12.2. The van der Waals surface area contributed by atoms with Gasteiger partial charge in [-0.15, -0.1) is 0 Å². The van der Waals surface area contributed by atoms with Gasteiger partial charge in [0.05, 0.1) is 16.3 Å². The first-order chi connectivity index (χ1) is 13.8. The Morgan fingerprint density at radius 3 is 2.48 bits per heavy atom. The number of benzene rings is 2. The van der Waals surface area contributed by atoms with Crippen LogP contribution in [0.25, 0.3) is 10.9 Å². The number of anilines is 1. The maximum atomic E-state index is 12.2. The molecule has 0 spiro atoms. The Labute approximate surface area is 167 Å². The van der Waals surface area contributed by atoms with Gasteiger partial charge in [-0.3, -0.25) is 14.4 Å². The van der Waals surface area contributed by atoms with Crippen LogP contribution in [0.4, 0.5) is 5.69 Å². The second-order valence-corrected chi connectivity index (χ2v) is 7.44. The van der Waals surface area contributed by atoms with Crippen LogP contribution >= 0.6 is 0 Å². The van der Waals surface area contributed by atoms with E-state index in [0.717, 1.165) is 0 Å². The minimum Gasteiger partial charge on any atom is -0.481 e. The zero-order valence-electron chi connectivity index (χ0n) is 16.4. The van der Waals surface area contributed by atoms with Crippen LogP contribution in [0, 0.1) is 0 Å². The van der Waals surface area contributed by atoms with Crippen molar-refractivity contribution in [3.8, 4) is 0 Å². The number of aryl methyl sites for hydroxylation is 1. The topological polar surface area (TPSA) is 112 Å². The third-order valence-electron chi connectivity index (χ3n) is 4.90. The normalized spacial score (nSPS) is 11.4. The molecule has 1 aromatic heterocycles. The molecule has 0 saturated carbocycles. The molecule has 0 atom stereocenters. The quantitative estimate of drug-likeness (QED) is 0.570. The van der Waals surface area contributed by atoms with Crippen LogP contribution < -0.4 is 10.9 Å². The Hall–Kier alpha value is -3.48. The van der Waals surface area contributed by atoms with E-state index < -0.39 is 11.4 Å². The summed E-state index contributed by atoms with van der Waals surface area (Å²) in [6.45, 7) is 3.27. The molecule has 0 bridgehead atoms. The van der Waals surface area contributed by atoms with E-state index >= 15 is 0 Å². The summed E-state index contributed by atoms with van der Waals surface area (Å²) in [5.74, 6) is -0.505. The van der Waals surface area contributed by atoms with Crippen molar-refractivity contribution >= 4 is 28.5 Å². The molecule has 0 aliphatic carbocycles. The largest absolute Gasteiger partial charge is 0.481 e. The number of nitrogens with zero attached hydrogens (tertiary/aromatic N) is 1. The van der Waals surface area contributed by atoms with Crippen molar-refractivity contribution in [1.29, 1.82) is 0 Å². The van der Waals surface area contributed by atoms with Crippen LogP contribution in [0.5, 0.6) is 0 Å². The Morgan fingerprint density at radius 2 is 1.79 bits per heavy atom. The Bertz CT molecular complexity index is 1100.